The molecule has 2 aromatic rings. The van der Waals surface area contributed by atoms with Crippen LogP contribution in [0.3, 0.4) is 0 Å². The maximum absolute atomic E-state index is 11.9. The Hall–Kier alpha value is -4.46. The summed E-state index contributed by atoms with van der Waals surface area (Å²) in [5, 5.41) is 8.38. The Morgan fingerprint density at radius 1 is 0.684 bits per heavy atom. The van der Waals surface area contributed by atoms with Crippen molar-refractivity contribution < 1.29 is 33.6 Å². The van der Waals surface area contributed by atoms with Gasteiger partial charge in [-0.15, -0.1) is 0 Å². The smallest absolute Gasteiger partial charge is 0.328 e. The number of hydrogen-bond acceptors (Lipinski definition) is 6. The van der Waals surface area contributed by atoms with Crippen molar-refractivity contribution in [1.82, 2.24) is 4.90 Å². The van der Waals surface area contributed by atoms with Crippen LogP contribution >= 0.6 is 0 Å². The Bertz CT molecular complexity index is 1220. The molecule has 1 N–H and O–H groups in total. The summed E-state index contributed by atoms with van der Waals surface area (Å²) in [5.41, 5.74) is 1.95. The van der Waals surface area contributed by atoms with E-state index in [-0.39, 0.29) is 26.9 Å². The highest BCUT2D eigenvalue weighted by Crippen LogP contribution is 2.33. The number of aliphatic carboxylic acids is 1. The zero-order chi connectivity index (χ0) is 25.9. The third kappa shape index (κ3) is 8.30. The minimum Gasteiger partial charge on any atom is -0.478 e. The molecule has 0 saturated carbocycles. The van der Waals surface area contributed by atoms with Crippen LogP contribution in [0.15, 0.2) is 72.9 Å². The number of nitrogens with zero attached hydrogens (tertiary/aromatic N) is 1. The highest BCUT2D eigenvalue weighted by molar-refractivity contribution is 5.88. The first-order valence-electron chi connectivity index (χ1n) is 12.1. The minimum absolute atomic E-state index is 0. The SMILES string of the molecule is C.O=C(/C=C/C=C/c1ccc2c(c1)OCO2)N1CCCCC1.O=C(O)/C=C/C=C/c1ccc2c(c1)OCO2. The number of allylic oxidation sites excluding steroid dienone is 4. The molecule has 1 saturated heterocycles. The Kier molecular flexibility index (Phi) is 10.6. The van der Waals surface area contributed by atoms with E-state index in [2.05, 4.69) is 0 Å². The van der Waals surface area contributed by atoms with Gasteiger partial charge in [0.1, 0.15) is 0 Å². The van der Waals surface area contributed by atoms with E-state index >= 15 is 0 Å². The molecule has 3 aliphatic heterocycles. The number of hydrogen-bond donors (Lipinski definition) is 1. The molecule has 0 radical (unpaired) electrons. The summed E-state index contributed by atoms with van der Waals surface area (Å²) in [6.07, 6.45) is 16.7. The molecule has 3 heterocycles. The molecule has 38 heavy (non-hydrogen) atoms. The molecule has 0 bridgehead atoms. The van der Waals surface area contributed by atoms with Crippen molar-refractivity contribution in [2.45, 2.75) is 26.7 Å². The predicted molar refractivity (Wildman–Crippen MR) is 146 cm³/mol. The number of fused-ring (bicyclic) bond motifs is 2. The second kappa shape index (κ2) is 14.3. The van der Waals surface area contributed by atoms with Gasteiger partial charge < -0.3 is 29.0 Å². The molecule has 0 atom stereocenters. The molecule has 0 aromatic heterocycles. The van der Waals surface area contributed by atoms with E-state index in [1.54, 1.807) is 24.3 Å². The van der Waals surface area contributed by atoms with Crippen molar-refractivity contribution in [3.63, 3.8) is 0 Å². The number of benzene rings is 2. The highest BCUT2D eigenvalue weighted by atomic mass is 16.7. The summed E-state index contributed by atoms with van der Waals surface area (Å²) in [6, 6.07) is 11.3. The summed E-state index contributed by atoms with van der Waals surface area (Å²) < 4.78 is 21.0. The average molecular weight is 520 g/mol. The fourth-order valence-corrected chi connectivity index (χ4v) is 3.86. The van der Waals surface area contributed by atoms with E-state index in [0.717, 1.165) is 60.4 Å². The fourth-order valence-electron chi connectivity index (χ4n) is 3.86. The summed E-state index contributed by atoms with van der Waals surface area (Å²) in [4.78, 5) is 24.0. The molecule has 1 amide bonds. The second-order valence-corrected chi connectivity index (χ2v) is 8.39. The third-order valence-electron chi connectivity index (χ3n) is 5.74. The lowest BCUT2D eigenvalue weighted by atomic mass is 10.1. The monoisotopic (exact) mass is 519 g/mol. The van der Waals surface area contributed by atoms with E-state index in [4.69, 9.17) is 24.1 Å². The maximum atomic E-state index is 11.9. The lowest BCUT2D eigenvalue weighted by Gasteiger charge is -2.25. The fraction of sp³-hybridized carbons (Fsp3) is 0.267. The number of ether oxygens (including phenoxy) is 4. The predicted octanol–water partition coefficient (Wildman–Crippen LogP) is 5.70. The molecule has 0 aliphatic carbocycles. The van der Waals surface area contributed by atoms with Gasteiger partial charge in [-0.3, -0.25) is 4.79 Å². The third-order valence-corrected chi connectivity index (χ3v) is 5.74. The van der Waals surface area contributed by atoms with Gasteiger partial charge in [0.2, 0.25) is 19.5 Å². The number of likely N-dealkylation sites (tertiary alicyclic amines) is 1. The molecular formula is C30H33NO7. The molecule has 3 aliphatic rings. The zero-order valence-corrected chi connectivity index (χ0v) is 20.4. The van der Waals surface area contributed by atoms with Crippen LogP contribution in [-0.2, 0) is 9.59 Å². The van der Waals surface area contributed by atoms with Gasteiger partial charge in [-0.2, -0.15) is 0 Å². The van der Waals surface area contributed by atoms with E-state index in [1.807, 2.05) is 53.5 Å². The van der Waals surface area contributed by atoms with Gasteiger partial charge in [-0.25, -0.2) is 4.79 Å². The first-order valence-corrected chi connectivity index (χ1v) is 12.1. The van der Waals surface area contributed by atoms with Crippen LogP contribution in [0.1, 0.15) is 37.8 Å². The van der Waals surface area contributed by atoms with Gasteiger partial charge in [0.05, 0.1) is 0 Å². The summed E-state index contributed by atoms with van der Waals surface area (Å²) >= 11 is 0. The van der Waals surface area contributed by atoms with Crippen molar-refractivity contribution >= 4 is 24.0 Å². The van der Waals surface area contributed by atoms with Crippen LogP contribution < -0.4 is 18.9 Å². The second-order valence-electron chi connectivity index (χ2n) is 8.39. The van der Waals surface area contributed by atoms with E-state index < -0.39 is 5.97 Å². The quantitative estimate of drug-likeness (QED) is 0.386. The molecule has 2 aromatic carbocycles. The van der Waals surface area contributed by atoms with E-state index in [1.165, 1.54) is 12.5 Å². The van der Waals surface area contributed by atoms with Crippen molar-refractivity contribution in [2.75, 3.05) is 26.7 Å². The first-order chi connectivity index (χ1) is 18.1. The van der Waals surface area contributed by atoms with E-state index in [9.17, 15) is 9.59 Å². The molecule has 200 valence electrons. The Morgan fingerprint density at radius 2 is 1.18 bits per heavy atom. The normalized spacial score (nSPS) is 15.6. The number of amides is 1. The topological polar surface area (TPSA) is 94.5 Å². The van der Waals surface area contributed by atoms with Gasteiger partial charge >= 0.3 is 5.97 Å². The van der Waals surface area contributed by atoms with E-state index in [0.29, 0.717) is 5.75 Å². The number of carboxylic acids is 1. The van der Waals surface area contributed by atoms with Gasteiger partial charge in [-0.05, 0) is 54.7 Å². The number of carbonyl (C=O) groups excluding carboxylic acids is 1. The zero-order valence-electron chi connectivity index (χ0n) is 20.4. The highest BCUT2D eigenvalue weighted by Gasteiger charge is 2.14. The molecule has 0 unspecified atom stereocenters. The van der Waals surface area contributed by atoms with Crippen LogP contribution in [0, 0.1) is 0 Å². The van der Waals surface area contributed by atoms with Crippen molar-refractivity contribution in [3.05, 3.63) is 84.0 Å². The van der Waals surface area contributed by atoms with Crippen LogP contribution in [0.4, 0.5) is 0 Å². The van der Waals surface area contributed by atoms with Gasteiger partial charge in [0.25, 0.3) is 0 Å². The van der Waals surface area contributed by atoms with Crippen molar-refractivity contribution in [2.24, 2.45) is 0 Å². The van der Waals surface area contributed by atoms with Gasteiger partial charge in [-0.1, -0.05) is 56.0 Å². The summed E-state index contributed by atoms with van der Waals surface area (Å²) in [7, 11) is 0. The average Bonchev–Trinajstić information content (AvgIpc) is 3.58. The van der Waals surface area contributed by atoms with Crippen LogP contribution in [0.2, 0.25) is 0 Å². The number of rotatable bonds is 6. The standard InChI is InChI=1S/C17H19NO3.C12H10O4.CH4/c19-17(18-10-4-1-5-11-18)7-3-2-6-14-8-9-15-16(12-14)21-13-20-15;13-12(14)4-2-1-3-9-5-6-10-11(7-9)16-8-15-10;/h2-3,6-9,12H,1,4-5,10-11,13H2;1-7H,8H2,(H,13,14);1H4/b6-2+,7-3+;3-1+,4-2+;. The van der Waals surface area contributed by atoms with Crippen LogP contribution in [0.5, 0.6) is 23.0 Å². The van der Waals surface area contributed by atoms with Crippen molar-refractivity contribution in [3.8, 4) is 23.0 Å². The number of piperidine rings is 1. The largest absolute Gasteiger partial charge is 0.478 e. The van der Waals surface area contributed by atoms with Gasteiger partial charge in [0, 0.05) is 25.2 Å². The lowest BCUT2D eigenvalue weighted by molar-refractivity contribution is -0.131. The Labute approximate surface area is 223 Å². The van der Waals surface area contributed by atoms with Crippen LogP contribution in [-0.4, -0.2) is 48.6 Å². The minimum atomic E-state index is -0.963. The Balaban J connectivity index is 0.000000213. The number of carbonyl (C=O) groups is 2. The Morgan fingerprint density at radius 3 is 1.71 bits per heavy atom. The summed E-state index contributed by atoms with van der Waals surface area (Å²) in [6.45, 7) is 2.30. The molecule has 8 heteroatoms. The van der Waals surface area contributed by atoms with Crippen molar-refractivity contribution in [1.29, 1.82) is 0 Å². The summed E-state index contributed by atoms with van der Waals surface area (Å²) in [5.74, 6) is 2.14. The molecule has 5 rings (SSSR count). The van der Waals surface area contributed by atoms with Crippen LogP contribution in [0.25, 0.3) is 12.2 Å². The molecular weight excluding hydrogens is 486 g/mol. The molecule has 8 nitrogen and oxygen atoms in total. The molecule has 0 spiro atoms. The number of carboxylic acid groups (broad SMARTS) is 1. The maximum Gasteiger partial charge on any atom is 0.328 e. The molecule has 1 fully saturated rings. The van der Waals surface area contributed by atoms with Gasteiger partial charge in [0.15, 0.2) is 23.0 Å². The first kappa shape index (κ1) is 28.1. The lowest BCUT2D eigenvalue weighted by Crippen LogP contribution is -2.34.